The number of carbonyl (C=O) groups is 1. The molecule has 0 spiro atoms. The zero-order chi connectivity index (χ0) is 22.9. The number of aliphatic hydroxyl groups is 1. The van der Waals surface area contributed by atoms with E-state index >= 15 is 0 Å². The van der Waals surface area contributed by atoms with Gasteiger partial charge in [0.1, 0.15) is 0 Å². The largest absolute Gasteiger partial charge is 0.512 e. The molecule has 1 fully saturated rings. The predicted octanol–water partition coefficient (Wildman–Crippen LogP) is 6.54. The molecule has 1 N–H and O–H groups in total. The van der Waals surface area contributed by atoms with Gasteiger partial charge in [0.25, 0.3) is 0 Å². The molecule has 0 atom stereocenters. The quantitative estimate of drug-likeness (QED) is 0.600. The summed E-state index contributed by atoms with van der Waals surface area (Å²) >= 11 is 0. The Morgan fingerprint density at radius 1 is 0.906 bits per heavy atom. The number of aliphatic hydroxyl groups excluding tert-OH is 1. The molecule has 0 amide bonds. The third-order valence-electron chi connectivity index (χ3n) is 8.43. The van der Waals surface area contributed by atoms with Crippen LogP contribution in [0.15, 0.2) is 41.8 Å². The van der Waals surface area contributed by atoms with E-state index in [1.807, 2.05) is 6.20 Å². The highest BCUT2D eigenvalue weighted by molar-refractivity contribution is 5.98. The second-order valence-electron chi connectivity index (χ2n) is 11.6. The Morgan fingerprint density at radius 2 is 1.56 bits per heavy atom. The van der Waals surface area contributed by atoms with Crippen molar-refractivity contribution in [2.45, 2.75) is 95.8 Å². The van der Waals surface area contributed by atoms with Gasteiger partial charge in [-0.25, -0.2) is 0 Å². The summed E-state index contributed by atoms with van der Waals surface area (Å²) in [6.45, 7) is 11.8. The summed E-state index contributed by atoms with van der Waals surface area (Å²) in [6.07, 6.45) is 8.01. The normalized spacial score (nSPS) is 22.7. The smallest absolute Gasteiger partial charge is 0.162 e. The van der Waals surface area contributed by atoms with Crippen molar-refractivity contribution in [3.05, 3.63) is 75.3 Å². The van der Waals surface area contributed by atoms with Crippen LogP contribution in [0.4, 0.5) is 0 Å². The number of hydrogen-bond acceptors (Lipinski definition) is 3. The van der Waals surface area contributed by atoms with Gasteiger partial charge in [0.05, 0.1) is 11.5 Å². The van der Waals surface area contributed by atoms with E-state index in [4.69, 9.17) is 4.98 Å². The lowest BCUT2D eigenvalue weighted by Crippen LogP contribution is -2.34. The topological polar surface area (TPSA) is 50.2 Å². The Labute approximate surface area is 192 Å². The number of nitrogens with zero attached hydrogens (tertiary/aromatic N) is 1. The van der Waals surface area contributed by atoms with Gasteiger partial charge < -0.3 is 5.11 Å². The molecule has 2 aromatic rings. The number of aryl methyl sites for hydroxylation is 1. The Kier molecular flexibility index (Phi) is 4.71. The SMILES string of the molecule is Cc1cc2c(cc1C1(c3ccc(CC4=C(O)CCC4=O)cn3)CC1)C(C)(C)CCC2(C)C. The fraction of sp³-hybridized carbons (Fsp3) is 0.517. The Hall–Kier alpha value is -2.42. The monoisotopic (exact) mass is 429 g/mol. The number of allylic oxidation sites excluding steroid dienone is 2. The average Bonchev–Trinajstić information content (AvgIpc) is 3.49. The number of fused-ring (bicyclic) bond motifs is 1. The lowest BCUT2D eigenvalue weighted by atomic mass is 9.62. The molecule has 1 aromatic carbocycles. The van der Waals surface area contributed by atoms with Gasteiger partial charge in [-0.15, -0.1) is 0 Å². The van der Waals surface area contributed by atoms with Crippen molar-refractivity contribution in [1.82, 2.24) is 4.98 Å². The van der Waals surface area contributed by atoms with Gasteiger partial charge >= 0.3 is 0 Å². The van der Waals surface area contributed by atoms with Gasteiger partial charge in [-0.1, -0.05) is 45.9 Å². The van der Waals surface area contributed by atoms with E-state index in [-0.39, 0.29) is 27.8 Å². The Morgan fingerprint density at radius 3 is 2.09 bits per heavy atom. The molecule has 3 nitrogen and oxygen atoms in total. The molecule has 0 saturated heterocycles. The third-order valence-corrected chi connectivity index (χ3v) is 8.43. The molecule has 0 aliphatic heterocycles. The molecule has 168 valence electrons. The van der Waals surface area contributed by atoms with Crippen molar-refractivity contribution >= 4 is 5.78 Å². The number of pyridine rings is 1. The highest BCUT2D eigenvalue weighted by Crippen LogP contribution is 2.56. The molecule has 3 heteroatoms. The van der Waals surface area contributed by atoms with Gasteiger partial charge in [-0.05, 0) is 77.3 Å². The lowest BCUT2D eigenvalue weighted by Gasteiger charge is -2.43. The van der Waals surface area contributed by atoms with Crippen LogP contribution in [0.25, 0.3) is 0 Å². The lowest BCUT2D eigenvalue weighted by molar-refractivity contribution is -0.115. The van der Waals surface area contributed by atoms with Crippen LogP contribution in [0, 0.1) is 6.92 Å². The maximum Gasteiger partial charge on any atom is 0.162 e. The van der Waals surface area contributed by atoms with Crippen LogP contribution in [-0.2, 0) is 27.5 Å². The molecular weight excluding hydrogens is 394 g/mol. The van der Waals surface area contributed by atoms with E-state index in [9.17, 15) is 9.90 Å². The fourth-order valence-electron chi connectivity index (χ4n) is 5.94. The summed E-state index contributed by atoms with van der Waals surface area (Å²) in [7, 11) is 0. The zero-order valence-corrected chi connectivity index (χ0v) is 20.1. The molecule has 0 unspecified atom stereocenters. The summed E-state index contributed by atoms with van der Waals surface area (Å²) in [5.74, 6) is 0.327. The molecule has 1 heterocycles. The number of Topliss-reactive ketones (excluding diaryl/α,β-unsaturated/α-hetero) is 1. The van der Waals surface area contributed by atoms with Crippen LogP contribution in [0.2, 0.25) is 0 Å². The van der Waals surface area contributed by atoms with Gasteiger partial charge in [0, 0.05) is 36.4 Å². The molecule has 0 radical (unpaired) electrons. The van der Waals surface area contributed by atoms with Crippen molar-refractivity contribution in [2.24, 2.45) is 0 Å². The van der Waals surface area contributed by atoms with Crippen molar-refractivity contribution in [1.29, 1.82) is 0 Å². The summed E-state index contributed by atoms with van der Waals surface area (Å²) in [5, 5.41) is 10.0. The maximum absolute atomic E-state index is 12.0. The van der Waals surface area contributed by atoms with E-state index in [0.717, 1.165) is 24.1 Å². The van der Waals surface area contributed by atoms with E-state index in [2.05, 4.69) is 58.9 Å². The minimum atomic E-state index is 0.0138. The zero-order valence-electron chi connectivity index (χ0n) is 20.1. The first-order chi connectivity index (χ1) is 15.0. The van der Waals surface area contributed by atoms with Crippen molar-refractivity contribution in [3.63, 3.8) is 0 Å². The number of carbonyl (C=O) groups excluding carboxylic acids is 1. The van der Waals surface area contributed by atoms with Gasteiger partial charge in [-0.3, -0.25) is 9.78 Å². The second-order valence-corrected chi connectivity index (χ2v) is 11.6. The molecule has 0 bridgehead atoms. The van der Waals surface area contributed by atoms with Crippen LogP contribution < -0.4 is 0 Å². The second kappa shape index (κ2) is 7.04. The predicted molar refractivity (Wildman–Crippen MR) is 128 cm³/mol. The first-order valence-electron chi connectivity index (χ1n) is 12.1. The highest BCUT2D eigenvalue weighted by atomic mass is 16.3. The average molecular weight is 430 g/mol. The minimum absolute atomic E-state index is 0.0138. The van der Waals surface area contributed by atoms with Crippen LogP contribution >= 0.6 is 0 Å². The van der Waals surface area contributed by atoms with E-state index in [1.165, 1.54) is 35.1 Å². The number of rotatable bonds is 4. The first-order valence-corrected chi connectivity index (χ1v) is 12.1. The van der Waals surface area contributed by atoms with Crippen molar-refractivity contribution in [2.75, 3.05) is 0 Å². The third kappa shape index (κ3) is 3.32. The van der Waals surface area contributed by atoms with Crippen LogP contribution in [0.3, 0.4) is 0 Å². The van der Waals surface area contributed by atoms with Crippen LogP contribution in [0.1, 0.15) is 99.7 Å². The highest BCUT2D eigenvalue weighted by Gasteiger charge is 2.49. The maximum atomic E-state index is 12.0. The number of ketones is 1. The molecule has 5 rings (SSSR count). The molecule has 1 saturated carbocycles. The van der Waals surface area contributed by atoms with Gasteiger partial charge in [-0.2, -0.15) is 0 Å². The standard InChI is InChI=1S/C29H35NO2/c1-18-14-22-23(28(4,5)11-10-27(22,2)3)16-21(18)29(12-13-29)26-9-6-19(17-30-26)15-20-24(31)7-8-25(20)32/h6,9,14,16-17,31H,7-8,10-13,15H2,1-5H3. The van der Waals surface area contributed by atoms with Crippen molar-refractivity contribution < 1.29 is 9.90 Å². The fourth-order valence-corrected chi connectivity index (χ4v) is 5.94. The summed E-state index contributed by atoms with van der Waals surface area (Å²) in [4.78, 5) is 16.9. The molecular formula is C29H35NO2. The molecule has 32 heavy (non-hydrogen) atoms. The molecule has 3 aliphatic rings. The van der Waals surface area contributed by atoms with E-state index < -0.39 is 0 Å². The number of benzene rings is 1. The molecule has 3 aliphatic carbocycles. The van der Waals surface area contributed by atoms with Crippen molar-refractivity contribution in [3.8, 4) is 0 Å². The van der Waals surface area contributed by atoms with E-state index in [1.54, 1.807) is 0 Å². The first kappa shape index (κ1) is 21.4. The number of aromatic nitrogens is 1. The van der Waals surface area contributed by atoms with Gasteiger partial charge in [0.2, 0.25) is 0 Å². The van der Waals surface area contributed by atoms with E-state index in [0.29, 0.717) is 24.8 Å². The summed E-state index contributed by atoms with van der Waals surface area (Å²) in [6, 6.07) is 9.21. The minimum Gasteiger partial charge on any atom is -0.512 e. The van der Waals surface area contributed by atoms with Crippen LogP contribution in [0.5, 0.6) is 0 Å². The Balaban J connectivity index is 1.50. The summed E-state index contributed by atoms with van der Waals surface area (Å²) < 4.78 is 0. The Bertz CT molecular complexity index is 1130. The van der Waals surface area contributed by atoms with Gasteiger partial charge in [0.15, 0.2) is 5.78 Å². The van der Waals surface area contributed by atoms with Crippen LogP contribution in [-0.4, -0.2) is 15.9 Å². The summed E-state index contributed by atoms with van der Waals surface area (Å²) in [5.41, 5.74) is 8.98. The number of hydrogen-bond donors (Lipinski definition) is 1. The molecule has 1 aromatic heterocycles.